The summed E-state index contributed by atoms with van der Waals surface area (Å²) in [6.07, 6.45) is -0.845. The van der Waals surface area contributed by atoms with Crippen LogP contribution in [0.4, 0.5) is 16.2 Å². The lowest BCUT2D eigenvalue weighted by molar-refractivity contribution is -0.384. The normalized spacial score (nSPS) is 9.71. The number of primary amides is 1. The van der Waals surface area contributed by atoms with Crippen LogP contribution in [0.5, 0.6) is 0 Å². The van der Waals surface area contributed by atoms with E-state index >= 15 is 0 Å². The molecule has 0 aliphatic rings. The van der Waals surface area contributed by atoms with Crippen LogP contribution in [0.25, 0.3) is 0 Å². The molecule has 92 valence electrons. The fraction of sp³-hybridized carbons (Fsp3) is 0.300. The second kappa shape index (κ2) is 5.69. The standard InChI is InChI=1S/C10H13N3O4/c1-7-2-3-8(13(15)16)6-9(7)12-4-5-17-10(11)14/h2-3,6,12H,4-5H2,1H3,(H2,11,14). The van der Waals surface area contributed by atoms with Gasteiger partial charge in [0.2, 0.25) is 0 Å². The predicted octanol–water partition coefficient (Wildman–Crippen LogP) is 1.41. The van der Waals surface area contributed by atoms with Gasteiger partial charge in [0.25, 0.3) is 5.69 Å². The molecule has 0 fully saturated rings. The first kappa shape index (κ1) is 12.8. The summed E-state index contributed by atoms with van der Waals surface area (Å²) in [5, 5.41) is 13.5. The third kappa shape index (κ3) is 3.98. The van der Waals surface area contributed by atoms with Crippen molar-refractivity contribution in [2.24, 2.45) is 5.73 Å². The Balaban J connectivity index is 2.60. The highest BCUT2D eigenvalue weighted by atomic mass is 16.6. The Morgan fingerprint density at radius 3 is 2.88 bits per heavy atom. The number of nitro benzene ring substituents is 1. The van der Waals surface area contributed by atoms with Gasteiger partial charge in [0.15, 0.2) is 0 Å². The van der Waals surface area contributed by atoms with Crippen LogP contribution in [0.1, 0.15) is 5.56 Å². The molecule has 0 spiro atoms. The zero-order chi connectivity index (χ0) is 12.8. The molecule has 3 N–H and O–H groups in total. The summed E-state index contributed by atoms with van der Waals surface area (Å²) in [5.74, 6) is 0. The van der Waals surface area contributed by atoms with Crippen molar-refractivity contribution < 1.29 is 14.5 Å². The van der Waals surface area contributed by atoms with Crippen molar-refractivity contribution in [3.63, 3.8) is 0 Å². The molecule has 1 rings (SSSR count). The summed E-state index contributed by atoms with van der Waals surface area (Å²) >= 11 is 0. The Morgan fingerprint density at radius 2 is 2.29 bits per heavy atom. The van der Waals surface area contributed by atoms with Crippen LogP contribution in [0.2, 0.25) is 0 Å². The summed E-state index contributed by atoms with van der Waals surface area (Å²) < 4.78 is 4.52. The molecule has 1 aromatic rings. The van der Waals surface area contributed by atoms with Gasteiger partial charge in [-0.2, -0.15) is 0 Å². The van der Waals surface area contributed by atoms with Crippen molar-refractivity contribution in [2.75, 3.05) is 18.5 Å². The number of rotatable bonds is 5. The number of aryl methyl sites for hydroxylation is 1. The minimum Gasteiger partial charge on any atom is -0.448 e. The van der Waals surface area contributed by atoms with Gasteiger partial charge in [-0.1, -0.05) is 6.07 Å². The molecule has 0 saturated carbocycles. The summed E-state index contributed by atoms with van der Waals surface area (Å²) in [6.45, 7) is 2.27. The molecule has 0 radical (unpaired) electrons. The van der Waals surface area contributed by atoms with E-state index in [4.69, 9.17) is 5.73 Å². The number of nitrogens with zero attached hydrogens (tertiary/aromatic N) is 1. The number of hydrogen-bond acceptors (Lipinski definition) is 5. The second-order valence-corrected chi connectivity index (χ2v) is 3.35. The first-order valence-corrected chi connectivity index (χ1v) is 4.92. The number of nitrogens with two attached hydrogens (primary N) is 1. The van der Waals surface area contributed by atoms with Crippen LogP contribution in [-0.2, 0) is 4.74 Å². The van der Waals surface area contributed by atoms with E-state index in [1.54, 1.807) is 6.07 Å². The lowest BCUT2D eigenvalue weighted by Crippen LogP contribution is -2.18. The number of nitro groups is 1. The third-order valence-corrected chi connectivity index (χ3v) is 2.09. The maximum Gasteiger partial charge on any atom is 0.404 e. The van der Waals surface area contributed by atoms with E-state index in [1.807, 2.05) is 6.92 Å². The number of hydrogen-bond donors (Lipinski definition) is 2. The summed E-state index contributed by atoms with van der Waals surface area (Å²) in [5.41, 5.74) is 6.30. The van der Waals surface area contributed by atoms with Crippen LogP contribution in [0.3, 0.4) is 0 Å². The van der Waals surface area contributed by atoms with Crippen molar-refractivity contribution >= 4 is 17.5 Å². The van der Waals surface area contributed by atoms with Gasteiger partial charge >= 0.3 is 6.09 Å². The van der Waals surface area contributed by atoms with Crippen LogP contribution >= 0.6 is 0 Å². The molecule has 0 atom stereocenters. The molecule has 0 aliphatic carbocycles. The largest absolute Gasteiger partial charge is 0.448 e. The van der Waals surface area contributed by atoms with E-state index in [0.717, 1.165) is 5.56 Å². The minimum atomic E-state index is -0.845. The van der Waals surface area contributed by atoms with E-state index in [2.05, 4.69) is 10.1 Å². The third-order valence-electron chi connectivity index (χ3n) is 2.09. The number of carbonyl (C=O) groups is 1. The van der Waals surface area contributed by atoms with Crippen LogP contribution in [0.15, 0.2) is 18.2 Å². The average Bonchev–Trinajstić information content (AvgIpc) is 2.25. The average molecular weight is 239 g/mol. The van der Waals surface area contributed by atoms with Gasteiger partial charge in [0.1, 0.15) is 6.61 Å². The number of amides is 1. The van der Waals surface area contributed by atoms with Crippen molar-refractivity contribution in [3.8, 4) is 0 Å². The van der Waals surface area contributed by atoms with Crippen molar-refractivity contribution in [2.45, 2.75) is 6.92 Å². The Hall–Kier alpha value is -2.31. The smallest absolute Gasteiger partial charge is 0.404 e. The van der Waals surface area contributed by atoms with Crippen molar-refractivity contribution in [1.29, 1.82) is 0 Å². The predicted molar refractivity (Wildman–Crippen MR) is 61.9 cm³/mol. The Bertz CT molecular complexity index is 434. The van der Waals surface area contributed by atoms with Crippen LogP contribution in [-0.4, -0.2) is 24.2 Å². The van der Waals surface area contributed by atoms with Gasteiger partial charge in [-0.3, -0.25) is 10.1 Å². The first-order chi connectivity index (χ1) is 8.00. The summed E-state index contributed by atoms with van der Waals surface area (Å²) in [6, 6.07) is 4.51. The lowest BCUT2D eigenvalue weighted by atomic mass is 10.2. The van der Waals surface area contributed by atoms with Gasteiger partial charge in [-0.05, 0) is 12.5 Å². The zero-order valence-corrected chi connectivity index (χ0v) is 9.30. The van der Waals surface area contributed by atoms with E-state index in [-0.39, 0.29) is 12.3 Å². The highest BCUT2D eigenvalue weighted by Crippen LogP contribution is 2.21. The zero-order valence-electron chi connectivity index (χ0n) is 9.30. The summed E-state index contributed by atoms with van der Waals surface area (Å²) in [4.78, 5) is 20.4. The highest BCUT2D eigenvalue weighted by Gasteiger charge is 2.08. The Morgan fingerprint density at radius 1 is 1.59 bits per heavy atom. The number of carbonyl (C=O) groups excluding carboxylic acids is 1. The number of ether oxygens (including phenoxy) is 1. The van der Waals surface area contributed by atoms with Gasteiger partial charge in [0, 0.05) is 24.4 Å². The molecule has 0 aliphatic heterocycles. The quantitative estimate of drug-likeness (QED) is 0.459. The molecule has 7 heteroatoms. The first-order valence-electron chi connectivity index (χ1n) is 4.92. The SMILES string of the molecule is Cc1ccc([N+](=O)[O-])cc1NCCOC(N)=O. The van der Waals surface area contributed by atoms with Crippen molar-refractivity contribution in [3.05, 3.63) is 33.9 Å². The number of benzene rings is 1. The Labute approximate surface area is 97.7 Å². The van der Waals surface area contributed by atoms with Gasteiger partial charge < -0.3 is 15.8 Å². The molecule has 1 amide bonds. The molecule has 7 nitrogen and oxygen atoms in total. The monoisotopic (exact) mass is 239 g/mol. The van der Waals surface area contributed by atoms with Gasteiger partial charge in [-0.15, -0.1) is 0 Å². The fourth-order valence-electron chi connectivity index (χ4n) is 1.25. The molecule has 0 saturated heterocycles. The molecule has 0 unspecified atom stereocenters. The molecular weight excluding hydrogens is 226 g/mol. The van der Waals surface area contributed by atoms with Gasteiger partial charge in [0.05, 0.1) is 4.92 Å². The van der Waals surface area contributed by atoms with E-state index in [0.29, 0.717) is 12.2 Å². The van der Waals surface area contributed by atoms with E-state index in [9.17, 15) is 14.9 Å². The van der Waals surface area contributed by atoms with E-state index in [1.165, 1.54) is 12.1 Å². The highest BCUT2D eigenvalue weighted by molar-refractivity contribution is 5.64. The Kier molecular flexibility index (Phi) is 4.27. The molecule has 0 bridgehead atoms. The van der Waals surface area contributed by atoms with Crippen LogP contribution in [0, 0.1) is 17.0 Å². The van der Waals surface area contributed by atoms with Gasteiger partial charge in [-0.25, -0.2) is 4.79 Å². The molecule has 17 heavy (non-hydrogen) atoms. The van der Waals surface area contributed by atoms with Crippen molar-refractivity contribution in [1.82, 2.24) is 0 Å². The molecule has 1 aromatic carbocycles. The van der Waals surface area contributed by atoms with Crippen LogP contribution < -0.4 is 11.1 Å². The number of non-ortho nitro benzene ring substituents is 1. The maximum absolute atomic E-state index is 10.6. The molecular formula is C10H13N3O4. The summed E-state index contributed by atoms with van der Waals surface area (Å²) in [7, 11) is 0. The number of nitrogens with one attached hydrogen (secondary N) is 1. The fourth-order valence-corrected chi connectivity index (χ4v) is 1.25. The lowest BCUT2D eigenvalue weighted by Gasteiger charge is -2.08. The molecule has 0 aromatic heterocycles. The number of anilines is 1. The minimum absolute atomic E-state index is 0.00826. The molecule has 0 heterocycles. The van der Waals surface area contributed by atoms with E-state index < -0.39 is 11.0 Å². The maximum atomic E-state index is 10.6. The topological polar surface area (TPSA) is 107 Å². The second-order valence-electron chi connectivity index (χ2n) is 3.35.